The van der Waals surface area contributed by atoms with Crippen molar-refractivity contribution in [3.05, 3.63) is 35.9 Å². The van der Waals surface area contributed by atoms with Crippen LogP contribution in [0.4, 0.5) is 8.78 Å². The largest absolute Gasteiger partial charge is 0.491 e. The quantitative estimate of drug-likeness (QED) is 0.249. The van der Waals surface area contributed by atoms with Crippen molar-refractivity contribution < 1.29 is 18.3 Å². The Labute approximate surface area is 193 Å². The van der Waals surface area contributed by atoms with E-state index < -0.39 is 11.6 Å². The third-order valence-electron chi connectivity index (χ3n) is 7.65. The summed E-state index contributed by atoms with van der Waals surface area (Å²) >= 11 is 0. The van der Waals surface area contributed by atoms with Gasteiger partial charge in [-0.2, -0.15) is 8.78 Å². The molecule has 180 valence electrons. The van der Waals surface area contributed by atoms with E-state index in [-0.39, 0.29) is 18.1 Å². The highest BCUT2D eigenvalue weighted by molar-refractivity contribution is 5.35. The van der Waals surface area contributed by atoms with Crippen LogP contribution in [0.2, 0.25) is 0 Å². The number of hydrogen-bond donors (Lipinski definition) is 0. The predicted octanol–water partition coefficient (Wildman–Crippen LogP) is 8.49. The normalized spacial score (nSPS) is 26.4. The number of benzene rings is 1. The van der Waals surface area contributed by atoms with Crippen LogP contribution in [0.3, 0.4) is 0 Å². The molecule has 0 aliphatic heterocycles. The van der Waals surface area contributed by atoms with Crippen LogP contribution in [-0.4, -0.2) is 13.2 Å². The molecule has 3 rings (SSSR count). The summed E-state index contributed by atoms with van der Waals surface area (Å²) in [5.41, 5.74) is 0. The van der Waals surface area contributed by atoms with Crippen LogP contribution in [0.25, 0.3) is 0 Å². The van der Waals surface area contributed by atoms with Crippen molar-refractivity contribution in [2.24, 2.45) is 23.7 Å². The average molecular weight is 449 g/mol. The standard InChI is InChI=1S/C28H42F2O2/c1-3-5-6-8-21-10-14-23(15-11-21)24-16-12-22(13-17-24)9-7-20-32-26-19-18-25(31-4-2)27(29)28(26)30/h7,9,18-19,21-24H,3-6,8,10-17,20H2,1-2H3. The van der Waals surface area contributed by atoms with Crippen molar-refractivity contribution in [3.8, 4) is 11.5 Å². The molecule has 2 saturated carbocycles. The Kier molecular flexibility index (Phi) is 10.3. The first kappa shape index (κ1) is 25.1. The summed E-state index contributed by atoms with van der Waals surface area (Å²) in [6.45, 7) is 4.58. The van der Waals surface area contributed by atoms with Crippen LogP contribution in [0, 0.1) is 35.3 Å². The van der Waals surface area contributed by atoms with Crippen LogP contribution in [-0.2, 0) is 0 Å². The average Bonchev–Trinajstić information content (AvgIpc) is 2.82. The molecular formula is C28H42F2O2. The highest BCUT2D eigenvalue weighted by Gasteiger charge is 2.30. The Bertz CT molecular complexity index is 702. The van der Waals surface area contributed by atoms with E-state index in [4.69, 9.17) is 9.47 Å². The van der Waals surface area contributed by atoms with Gasteiger partial charge in [0.15, 0.2) is 11.5 Å². The van der Waals surface area contributed by atoms with E-state index in [1.165, 1.54) is 89.2 Å². The molecular weight excluding hydrogens is 406 g/mol. The Hall–Kier alpha value is -1.58. The second-order valence-electron chi connectivity index (χ2n) is 9.81. The fourth-order valence-electron chi connectivity index (χ4n) is 5.72. The van der Waals surface area contributed by atoms with E-state index in [1.807, 2.05) is 6.08 Å². The van der Waals surface area contributed by atoms with Gasteiger partial charge in [-0.3, -0.25) is 0 Å². The predicted molar refractivity (Wildman–Crippen MR) is 127 cm³/mol. The van der Waals surface area contributed by atoms with Crippen LogP contribution >= 0.6 is 0 Å². The van der Waals surface area contributed by atoms with Gasteiger partial charge in [0.2, 0.25) is 11.6 Å². The van der Waals surface area contributed by atoms with Gasteiger partial charge in [-0.25, -0.2) is 0 Å². The second kappa shape index (κ2) is 13.2. The minimum absolute atomic E-state index is 0.0652. The number of halogens is 2. The van der Waals surface area contributed by atoms with Gasteiger partial charge in [0.05, 0.1) is 6.61 Å². The van der Waals surface area contributed by atoms with Gasteiger partial charge in [0, 0.05) is 0 Å². The van der Waals surface area contributed by atoms with Gasteiger partial charge in [-0.05, 0) is 81.3 Å². The Balaban J connectivity index is 1.34. The van der Waals surface area contributed by atoms with Gasteiger partial charge < -0.3 is 9.47 Å². The molecule has 0 amide bonds. The molecule has 2 fully saturated rings. The highest BCUT2D eigenvalue weighted by Crippen LogP contribution is 2.42. The van der Waals surface area contributed by atoms with Crippen molar-refractivity contribution in [3.63, 3.8) is 0 Å². The summed E-state index contributed by atoms with van der Waals surface area (Å²) < 4.78 is 38.5. The van der Waals surface area contributed by atoms with E-state index in [0.717, 1.165) is 17.8 Å². The van der Waals surface area contributed by atoms with Gasteiger partial charge in [0.25, 0.3) is 0 Å². The maximum Gasteiger partial charge on any atom is 0.204 e. The fourth-order valence-corrected chi connectivity index (χ4v) is 5.72. The molecule has 32 heavy (non-hydrogen) atoms. The zero-order chi connectivity index (χ0) is 22.8. The molecule has 1 aromatic carbocycles. The monoisotopic (exact) mass is 448 g/mol. The molecule has 0 unspecified atom stereocenters. The number of hydrogen-bond acceptors (Lipinski definition) is 2. The molecule has 0 aromatic heterocycles. The van der Waals surface area contributed by atoms with Crippen molar-refractivity contribution in [1.29, 1.82) is 0 Å². The SMILES string of the molecule is CCCCCC1CCC(C2CCC(C=CCOc3ccc(OCC)c(F)c3F)CC2)CC1. The Morgan fingerprint density at radius 1 is 0.812 bits per heavy atom. The van der Waals surface area contributed by atoms with Gasteiger partial charge in [0.1, 0.15) is 6.61 Å². The maximum absolute atomic E-state index is 14.1. The van der Waals surface area contributed by atoms with Gasteiger partial charge >= 0.3 is 0 Å². The molecule has 2 aliphatic carbocycles. The molecule has 2 nitrogen and oxygen atoms in total. The Morgan fingerprint density at radius 3 is 2.00 bits per heavy atom. The summed E-state index contributed by atoms with van der Waals surface area (Å²) in [7, 11) is 0. The number of allylic oxidation sites excluding steroid dienone is 1. The molecule has 0 N–H and O–H groups in total. The van der Waals surface area contributed by atoms with E-state index >= 15 is 0 Å². The zero-order valence-electron chi connectivity index (χ0n) is 20.1. The third-order valence-corrected chi connectivity index (χ3v) is 7.65. The summed E-state index contributed by atoms with van der Waals surface area (Å²) in [6, 6.07) is 2.85. The first-order chi connectivity index (χ1) is 15.6. The molecule has 1 aromatic rings. The summed E-state index contributed by atoms with van der Waals surface area (Å²) in [4.78, 5) is 0. The van der Waals surface area contributed by atoms with Gasteiger partial charge in [-0.15, -0.1) is 0 Å². The first-order valence-electron chi connectivity index (χ1n) is 13.0. The lowest BCUT2D eigenvalue weighted by atomic mass is 9.68. The highest BCUT2D eigenvalue weighted by atomic mass is 19.2. The van der Waals surface area contributed by atoms with Crippen molar-refractivity contribution >= 4 is 0 Å². The summed E-state index contributed by atoms with van der Waals surface area (Å²) in [5, 5.41) is 0. The molecule has 0 heterocycles. The van der Waals surface area contributed by atoms with E-state index in [2.05, 4.69) is 13.0 Å². The topological polar surface area (TPSA) is 18.5 Å². The van der Waals surface area contributed by atoms with E-state index in [1.54, 1.807) is 6.92 Å². The summed E-state index contributed by atoms with van der Waals surface area (Å²) in [5.74, 6) is 1.33. The minimum Gasteiger partial charge on any atom is -0.491 e. The van der Waals surface area contributed by atoms with Gasteiger partial charge in [-0.1, -0.05) is 57.6 Å². The van der Waals surface area contributed by atoms with Crippen LogP contribution < -0.4 is 9.47 Å². The molecule has 2 aliphatic rings. The zero-order valence-corrected chi connectivity index (χ0v) is 20.1. The number of rotatable bonds is 11. The molecule has 0 radical (unpaired) electrons. The molecule has 0 spiro atoms. The minimum atomic E-state index is -0.985. The molecule has 0 bridgehead atoms. The molecule has 0 atom stereocenters. The number of unbranched alkanes of at least 4 members (excludes halogenated alkanes) is 2. The third kappa shape index (κ3) is 7.22. The lowest BCUT2D eigenvalue weighted by molar-refractivity contribution is 0.151. The summed E-state index contributed by atoms with van der Waals surface area (Å²) in [6.07, 6.45) is 20.7. The second-order valence-corrected chi connectivity index (χ2v) is 9.81. The van der Waals surface area contributed by atoms with Crippen LogP contribution in [0.15, 0.2) is 24.3 Å². The first-order valence-corrected chi connectivity index (χ1v) is 13.0. The van der Waals surface area contributed by atoms with Crippen molar-refractivity contribution in [2.75, 3.05) is 13.2 Å². The van der Waals surface area contributed by atoms with Crippen LogP contribution in [0.1, 0.15) is 90.9 Å². The lowest BCUT2D eigenvalue weighted by Gasteiger charge is -2.37. The maximum atomic E-state index is 14.1. The lowest BCUT2D eigenvalue weighted by Crippen LogP contribution is -2.25. The fraction of sp³-hybridized carbons (Fsp3) is 0.714. The van der Waals surface area contributed by atoms with E-state index in [0.29, 0.717) is 12.5 Å². The van der Waals surface area contributed by atoms with Crippen molar-refractivity contribution in [1.82, 2.24) is 0 Å². The molecule has 4 heteroatoms. The number of ether oxygens (including phenoxy) is 2. The van der Waals surface area contributed by atoms with E-state index in [9.17, 15) is 8.78 Å². The van der Waals surface area contributed by atoms with Crippen LogP contribution in [0.5, 0.6) is 11.5 Å². The molecule has 0 saturated heterocycles. The van der Waals surface area contributed by atoms with Crippen molar-refractivity contribution in [2.45, 2.75) is 90.9 Å². The Morgan fingerprint density at radius 2 is 1.41 bits per heavy atom. The smallest absolute Gasteiger partial charge is 0.204 e.